The van der Waals surface area contributed by atoms with E-state index in [9.17, 15) is 9.59 Å². The zero-order chi connectivity index (χ0) is 16.8. The second-order valence-electron chi connectivity index (χ2n) is 6.38. The lowest BCUT2D eigenvalue weighted by atomic mass is 10.1. The molecule has 1 aromatic rings. The van der Waals surface area contributed by atoms with Gasteiger partial charge in [-0.25, -0.2) is 9.78 Å². The van der Waals surface area contributed by atoms with Crippen LogP contribution in [0.4, 0.5) is 4.79 Å². The van der Waals surface area contributed by atoms with Gasteiger partial charge in [-0.2, -0.15) is 0 Å². The average Bonchev–Trinajstić information content (AvgIpc) is 2.87. The Bertz CT molecular complexity index is 518. The van der Waals surface area contributed by atoms with Crippen molar-refractivity contribution >= 4 is 23.3 Å². The van der Waals surface area contributed by atoms with Crippen LogP contribution in [0.2, 0.25) is 0 Å². The van der Waals surface area contributed by atoms with Crippen LogP contribution >= 0.6 is 11.3 Å². The van der Waals surface area contributed by atoms with Crippen molar-refractivity contribution in [3.8, 4) is 0 Å². The lowest BCUT2D eigenvalue weighted by molar-refractivity contribution is -0.131. The Hall–Kier alpha value is -1.63. The molecule has 0 atom stereocenters. The maximum Gasteiger partial charge on any atom is 0.320 e. The van der Waals surface area contributed by atoms with Crippen LogP contribution in [0.3, 0.4) is 0 Å². The van der Waals surface area contributed by atoms with Crippen LogP contribution in [0.1, 0.15) is 31.7 Å². The van der Waals surface area contributed by atoms with Crippen LogP contribution in [0.15, 0.2) is 11.6 Å². The second-order valence-corrected chi connectivity index (χ2v) is 7.36. The standard InChI is InChI=1S/C16H26N4O2S/c1-13(2)11-15(21)19-6-4-7-20(9-8-19)16(22)18(3)12-14-17-5-10-23-14/h5,10,13H,4,6-9,11-12H2,1-3H3. The number of carbonyl (C=O) groups is 2. The van der Waals surface area contributed by atoms with E-state index in [-0.39, 0.29) is 11.9 Å². The van der Waals surface area contributed by atoms with Gasteiger partial charge in [-0.3, -0.25) is 4.79 Å². The molecule has 0 radical (unpaired) electrons. The van der Waals surface area contributed by atoms with Crippen LogP contribution < -0.4 is 0 Å². The molecule has 0 aliphatic carbocycles. The van der Waals surface area contributed by atoms with E-state index in [1.807, 2.05) is 15.2 Å². The van der Waals surface area contributed by atoms with Gasteiger partial charge >= 0.3 is 6.03 Å². The molecule has 0 aromatic carbocycles. The molecular formula is C16H26N4O2S. The van der Waals surface area contributed by atoms with Crippen LogP contribution in [-0.2, 0) is 11.3 Å². The molecule has 1 saturated heterocycles. The number of amides is 3. The van der Waals surface area contributed by atoms with E-state index in [4.69, 9.17) is 0 Å². The van der Waals surface area contributed by atoms with Gasteiger partial charge in [0.1, 0.15) is 5.01 Å². The molecule has 7 heteroatoms. The zero-order valence-corrected chi connectivity index (χ0v) is 15.0. The van der Waals surface area contributed by atoms with Crippen LogP contribution in [0, 0.1) is 5.92 Å². The Morgan fingerprint density at radius 1 is 1.26 bits per heavy atom. The first-order valence-corrected chi connectivity index (χ1v) is 9.01. The number of rotatable bonds is 4. The molecular weight excluding hydrogens is 312 g/mol. The molecule has 1 fully saturated rings. The van der Waals surface area contributed by atoms with Crippen LogP contribution in [0.25, 0.3) is 0 Å². The summed E-state index contributed by atoms with van der Waals surface area (Å²) in [7, 11) is 1.80. The molecule has 0 saturated carbocycles. The molecule has 6 nitrogen and oxygen atoms in total. The third kappa shape index (κ3) is 5.20. The smallest absolute Gasteiger partial charge is 0.320 e. The zero-order valence-electron chi connectivity index (χ0n) is 14.2. The lowest BCUT2D eigenvalue weighted by Gasteiger charge is -2.27. The minimum absolute atomic E-state index is 0.0124. The van der Waals surface area contributed by atoms with E-state index < -0.39 is 0 Å². The van der Waals surface area contributed by atoms with Gasteiger partial charge in [0, 0.05) is 51.2 Å². The Morgan fingerprint density at radius 3 is 2.61 bits per heavy atom. The number of hydrogen-bond donors (Lipinski definition) is 0. The summed E-state index contributed by atoms with van der Waals surface area (Å²) in [6.45, 7) is 7.31. The van der Waals surface area contributed by atoms with E-state index >= 15 is 0 Å². The molecule has 1 aliphatic heterocycles. The maximum absolute atomic E-state index is 12.6. The highest BCUT2D eigenvalue weighted by atomic mass is 32.1. The van der Waals surface area contributed by atoms with Crippen molar-refractivity contribution in [3.05, 3.63) is 16.6 Å². The fourth-order valence-corrected chi connectivity index (χ4v) is 3.35. The third-order valence-electron chi connectivity index (χ3n) is 3.88. The topological polar surface area (TPSA) is 56.8 Å². The first-order valence-electron chi connectivity index (χ1n) is 8.13. The van der Waals surface area contributed by atoms with Crippen LogP contribution in [-0.4, -0.2) is 64.8 Å². The van der Waals surface area contributed by atoms with Gasteiger partial charge in [0.25, 0.3) is 0 Å². The average molecular weight is 338 g/mol. The maximum atomic E-state index is 12.6. The summed E-state index contributed by atoms with van der Waals surface area (Å²) in [5.74, 6) is 0.568. The summed E-state index contributed by atoms with van der Waals surface area (Å²) < 4.78 is 0. The van der Waals surface area contributed by atoms with Gasteiger partial charge in [0.05, 0.1) is 6.54 Å². The highest BCUT2D eigenvalue weighted by Crippen LogP contribution is 2.12. The summed E-state index contributed by atoms with van der Waals surface area (Å²) in [4.78, 5) is 34.4. The Kier molecular flexibility index (Phi) is 6.38. The van der Waals surface area contributed by atoms with Crippen molar-refractivity contribution in [1.82, 2.24) is 19.7 Å². The van der Waals surface area contributed by atoms with E-state index in [0.29, 0.717) is 38.5 Å². The quantitative estimate of drug-likeness (QED) is 0.846. The minimum atomic E-state index is 0.0124. The Balaban J connectivity index is 1.86. The highest BCUT2D eigenvalue weighted by molar-refractivity contribution is 7.09. The molecule has 2 rings (SSSR count). The molecule has 23 heavy (non-hydrogen) atoms. The molecule has 3 amide bonds. The molecule has 1 aliphatic rings. The van der Waals surface area contributed by atoms with Gasteiger partial charge < -0.3 is 14.7 Å². The molecule has 0 N–H and O–H groups in total. The van der Waals surface area contributed by atoms with Crippen molar-refractivity contribution in [2.75, 3.05) is 33.2 Å². The summed E-state index contributed by atoms with van der Waals surface area (Å²) in [5, 5.41) is 2.85. The van der Waals surface area contributed by atoms with Crippen molar-refractivity contribution < 1.29 is 9.59 Å². The van der Waals surface area contributed by atoms with E-state index in [1.165, 1.54) is 0 Å². The molecule has 1 aromatic heterocycles. The number of aromatic nitrogens is 1. The lowest BCUT2D eigenvalue weighted by Crippen LogP contribution is -2.43. The predicted octanol–water partition coefficient (Wildman–Crippen LogP) is 2.28. The summed E-state index contributed by atoms with van der Waals surface area (Å²) in [6.07, 6.45) is 3.17. The van der Waals surface area contributed by atoms with E-state index in [2.05, 4.69) is 18.8 Å². The molecule has 0 bridgehead atoms. The third-order valence-corrected chi connectivity index (χ3v) is 4.65. The molecule has 2 heterocycles. The number of hydrogen-bond acceptors (Lipinski definition) is 4. The highest BCUT2D eigenvalue weighted by Gasteiger charge is 2.24. The van der Waals surface area contributed by atoms with Gasteiger partial charge in [-0.05, 0) is 12.3 Å². The first-order chi connectivity index (χ1) is 11.0. The number of carbonyl (C=O) groups excluding carboxylic acids is 2. The first kappa shape index (κ1) is 17.7. The molecule has 128 valence electrons. The number of nitrogens with zero attached hydrogens (tertiary/aromatic N) is 4. The fourth-order valence-electron chi connectivity index (χ4n) is 2.68. The largest absolute Gasteiger partial charge is 0.341 e. The fraction of sp³-hybridized carbons (Fsp3) is 0.688. The summed E-state index contributed by atoms with van der Waals surface area (Å²) in [6, 6.07) is 0.0124. The number of urea groups is 1. The van der Waals surface area contributed by atoms with Gasteiger partial charge in [0.15, 0.2) is 0 Å². The van der Waals surface area contributed by atoms with Crippen molar-refractivity contribution in [2.24, 2.45) is 5.92 Å². The van der Waals surface area contributed by atoms with Crippen molar-refractivity contribution in [3.63, 3.8) is 0 Å². The van der Waals surface area contributed by atoms with E-state index in [0.717, 1.165) is 18.0 Å². The molecule has 0 spiro atoms. The summed E-state index contributed by atoms with van der Waals surface area (Å²) >= 11 is 1.55. The SMILES string of the molecule is CC(C)CC(=O)N1CCCN(C(=O)N(C)Cc2nccs2)CC1. The predicted molar refractivity (Wildman–Crippen MR) is 91.2 cm³/mol. The normalized spacial score (nSPS) is 15.7. The molecule has 0 unspecified atom stereocenters. The van der Waals surface area contributed by atoms with Crippen molar-refractivity contribution in [1.29, 1.82) is 0 Å². The number of thiazole rings is 1. The Morgan fingerprint density at radius 2 is 1.96 bits per heavy atom. The van der Waals surface area contributed by atoms with Crippen LogP contribution in [0.5, 0.6) is 0 Å². The minimum Gasteiger partial charge on any atom is -0.341 e. The van der Waals surface area contributed by atoms with Gasteiger partial charge in [0.2, 0.25) is 5.91 Å². The second kappa shape index (κ2) is 8.29. The van der Waals surface area contributed by atoms with Gasteiger partial charge in [-0.15, -0.1) is 11.3 Å². The Labute approximate surface area is 142 Å². The monoisotopic (exact) mass is 338 g/mol. The van der Waals surface area contributed by atoms with E-state index in [1.54, 1.807) is 29.5 Å². The summed E-state index contributed by atoms with van der Waals surface area (Å²) in [5.41, 5.74) is 0. The van der Waals surface area contributed by atoms with Gasteiger partial charge in [-0.1, -0.05) is 13.8 Å². The van der Waals surface area contributed by atoms with Crippen molar-refractivity contribution in [2.45, 2.75) is 33.2 Å².